The minimum absolute atomic E-state index is 0.257. The van der Waals surface area contributed by atoms with Crippen molar-refractivity contribution in [2.75, 3.05) is 14.1 Å². The maximum atomic E-state index is 12.5. The molecule has 0 aliphatic carbocycles. The van der Waals surface area contributed by atoms with Gasteiger partial charge in [-0.3, -0.25) is 19.6 Å². The van der Waals surface area contributed by atoms with Crippen LogP contribution in [0.2, 0.25) is 0 Å². The molecule has 1 atom stereocenters. The highest BCUT2D eigenvalue weighted by Gasteiger charge is 2.33. The molecular weight excluding hydrogens is 338 g/mol. The summed E-state index contributed by atoms with van der Waals surface area (Å²) in [5.74, 6) is -1.11. The van der Waals surface area contributed by atoms with Crippen LogP contribution >= 0.6 is 0 Å². The van der Waals surface area contributed by atoms with Gasteiger partial charge < -0.3 is 15.0 Å². The van der Waals surface area contributed by atoms with Crippen molar-refractivity contribution >= 4 is 17.7 Å². The first kappa shape index (κ1) is 18.9. The van der Waals surface area contributed by atoms with Crippen LogP contribution in [0, 0.1) is 0 Å². The topological polar surface area (TPSA) is 108 Å². The van der Waals surface area contributed by atoms with Crippen molar-refractivity contribution in [2.24, 2.45) is 0 Å². The number of hydrogen-bond donors (Lipinski definition) is 3. The van der Waals surface area contributed by atoms with Gasteiger partial charge in [0.1, 0.15) is 11.5 Å². The standard InChI is InChI=1S/C18H19N3O5/c1-19-16(22)15(17(23)20-25)21(2)18(24)12-8-10-14(11-9-12)26-13-6-4-3-5-7-13/h3-11,15,25H,1-2H3,(H,19,22)(H,20,23). The van der Waals surface area contributed by atoms with Gasteiger partial charge in [0.25, 0.3) is 17.7 Å². The van der Waals surface area contributed by atoms with Crippen molar-refractivity contribution in [3.63, 3.8) is 0 Å². The van der Waals surface area contributed by atoms with Gasteiger partial charge in [0, 0.05) is 19.7 Å². The number of carbonyl (C=O) groups excluding carboxylic acids is 3. The van der Waals surface area contributed by atoms with Gasteiger partial charge in [-0.15, -0.1) is 0 Å². The number of rotatable bonds is 6. The first-order chi connectivity index (χ1) is 12.5. The molecule has 8 heteroatoms. The van der Waals surface area contributed by atoms with Crippen molar-refractivity contribution in [2.45, 2.75) is 6.04 Å². The molecule has 8 nitrogen and oxygen atoms in total. The summed E-state index contributed by atoms with van der Waals surface area (Å²) in [5.41, 5.74) is 1.65. The van der Waals surface area contributed by atoms with Crippen molar-refractivity contribution in [3.05, 3.63) is 60.2 Å². The minimum Gasteiger partial charge on any atom is -0.457 e. The fourth-order valence-corrected chi connectivity index (χ4v) is 2.28. The third kappa shape index (κ3) is 4.37. The molecule has 2 aromatic rings. The number of ether oxygens (including phenoxy) is 1. The van der Waals surface area contributed by atoms with Crippen LogP contribution in [0.25, 0.3) is 0 Å². The molecule has 3 N–H and O–H groups in total. The van der Waals surface area contributed by atoms with Gasteiger partial charge in [-0.25, -0.2) is 5.48 Å². The maximum absolute atomic E-state index is 12.5. The molecule has 0 saturated heterocycles. The highest BCUT2D eigenvalue weighted by atomic mass is 16.5. The van der Waals surface area contributed by atoms with Gasteiger partial charge >= 0.3 is 0 Å². The molecule has 0 heterocycles. The van der Waals surface area contributed by atoms with Crippen LogP contribution in [0.4, 0.5) is 0 Å². The number of hydroxylamine groups is 1. The van der Waals surface area contributed by atoms with E-state index in [0.29, 0.717) is 11.5 Å². The van der Waals surface area contributed by atoms with Crippen molar-refractivity contribution < 1.29 is 24.3 Å². The SMILES string of the molecule is CNC(=O)C(C(=O)NO)N(C)C(=O)c1ccc(Oc2ccccc2)cc1. The molecule has 0 aromatic heterocycles. The third-order valence-corrected chi connectivity index (χ3v) is 3.64. The van der Waals surface area contributed by atoms with E-state index < -0.39 is 23.8 Å². The summed E-state index contributed by atoms with van der Waals surface area (Å²) in [7, 11) is 2.62. The van der Waals surface area contributed by atoms with Gasteiger partial charge in [-0.2, -0.15) is 0 Å². The van der Waals surface area contributed by atoms with Crippen LogP contribution in [0.3, 0.4) is 0 Å². The van der Waals surface area contributed by atoms with E-state index in [1.54, 1.807) is 24.3 Å². The molecule has 0 aliphatic heterocycles. The smallest absolute Gasteiger partial charge is 0.275 e. The number of likely N-dealkylation sites (N-methyl/N-ethyl adjacent to an activating group) is 2. The predicted octanol–water partition coefficient (Wildman–Crippen LogP) is 1.17. The summed E-state index contributed by atoms with van der Waals surface area (Å²) < 4.78 is 5.65. The summed E-state index contributed by atoms with van der Waals surface area (Å²) in [6.45, 7) is 0. The Morgan fingerprint density at radius 1 is 0.962 bits per heavy atom. The van der Waals surface area contributed by atoms with Crippen molar-refractivity contribution in [1.82, 2.24) is 15.7 Å². The number of nitrogens with zero attached hydrogens (tertiary/aromatic N) is 1. The van der Waals surface area contributed by atoms with Crippen LogP contribution < -0.4 is 15.5 Å². The number of nitrogens with one attached hydrogen (secondary N) is 2. The fourth-order valence-electron chi connectivity index (χ4n) is 2.28. The lowest BCUT2D eigenvalue weighted by molar-refractivity contribution is -0.140. The highest BCUT2D eigenvalue weighted by Crippen LogP contribution is 2.21. The first-order valence-electron chi connectivity index (χ1n) is 7.73. The van der Waals surface area contributed by atoms with Gasteiger partial charge in [-0.1, -0.05) is 18.2 Å². The average Bonchev–Trinajstić information content (AvgIpc) is 2.68. The molecule has 0 radical (unpaired) electrons. The Labute approximate surface area is 150 Å². The predicted molar refractivity (Wildman–Crippen MR) is 92.8 cm³/mol. The Balaban J connectivity index is 2.15. The van der Waals surface area contributed by atoms with Gasteiger partial charge in [0.05, 0.1) is 0 Å². The van der Waals surface area contributed by atoms with Crippen molar-refractivity contribution in [3.8, 4) is 11.5 Å². The summed E-state index contributed by atoms with van der Waals surface area (Å²) in [4.78, 5) is 37.0. The largest absolute Gasteiger partial charge is 0.457 e. The van der Waals surface area contributed by atoms with Gasteiger partial charge in [0.2, 0.25) is 0 Å². The zero-order valence-electron chi connectivity index (χ0n) is 14.3. The first-order valence-corrected chi connectivity index (χ1v) is 7.73. The second kappa shape index (κ2) is 8.63. The van der Waals surface area contributed by atoms with Crippen LogP contribution in [0.15, 0.2) is 54.6 Å². The van der Waals surface area contributed by atoms with Crippen LogP contribution in [-0.2, 0) is 9.59 Å². The number of hydrogen-bond acceptors (Lipinski definition) is 5. The van der Waals surface area contributed by atoms with E-state index >= 15 is 0 Å². The van der Waals surface area contributed by atoms with E-state index in [4.69, 9.17) is 9.94 Å². The summed E-state index contributed by atoms with van der Waals surface area (Å²) in [6.07, 6.45) is 0. The second-order valence-corrected chi connectivity index (χ2v) is 5.35. The normalized spacial score (nSPS) is 11.2. The molecule has 0 saturated carbocycles. The molecule has 2 aromatic carbocycles. The van der Waals surface area contributed by atoms with E-state index in [-0.39, 0.29) is 5.56 Å². The lowest BCUT2D eigenvalue weighted by Gasteiger charge is -2.25. The fraction of sp³-hybridized carbons (Fsp3) is 0.167. The van der Waals surface area contributed by atoms with Crippen LogP contribution in [-0.4, -0.2) is 48.0 Å². The molecule has 2 rings (SSSR count). The van der Waals surface area contributed by atoms with E-state index in [0.717, 1.165) is 4.90 Å². The Morgan fingerprint density at radius 3 is 2.08 bits per heavy atom. The average molecular weight is 357 g/mol. The molecule has 0 aliphatic rings. The molecule has 1 unspecified atom stereocenters. The van der Waals surface area contributed by atoms with E-state index in [2.05, 4.69) is 5.32 Å². The van der Waals surface area contributed by atoms with E-state index in [9.17, 15) is 14.4 Å². The number of para-hydroxylation sites is 1. The Hall–Kier alpha value is -3.39. The molecule has 0 fully saturated rings. The Kier molecular flexibility index (Phi) is 6.29. The second-order valence-electron chi connectivity index (χ2n) is 5.35. The van der Waals surface area contributed by atoms with E-state index in [1.165, 1.54) is 31.7 Å². The molecule has 3 amide bonds. The van der Waals surface area contributed by atoms with Gasteiger partial charge in [-0.05, 0) is 36.4 Å². The van der Waals surface area contributed by atoms with Crippen molar-refractivity contribution in [1.29, 1.82) is 0 Å². The molecule has 26 heavy (non-hydrogen) atoms. The molecular formula is C18H19N3O5. The monoisotopic (exact) mass is 357 g/mol. The minimum atomic E-state index is -1.50. The lowest BCUT2D eigenvalue weighted by Crippen LogP contribution is -2.54. The van der Waals surface area contributed by atoms with E-state index in [1.807, 2.05) is 18.2 Å². The number of carbonyl (C=O) groups is 3. The Morgan fingerprint density at radius 2 is 1.54 bits per heavy atom. The summed E-state index contributed by atoms with van der Waals surface area (Å²) in [6, 6.07) is 13.9. The number of benzene rings is 2. The Bertz CT molecular complexity index is 761. The quantitative estimate of drug-likeness (QED) is 0.409. The third-order valence-electron chi connectivity index (χ3n) is 3.64. The summed E-state index contributed by atoms with van der Waals surface area (Å²) >= 11 is 0. The molecule has 0 spiro atoms. The zero-order chi connectivity index (χ0) is 19.1. The molecule has 136 valence electrons. The highest BCUT2D eigenvalue weighted by molar-refractivity contribution is 6.08. The lowest BCUT2D eigenvalue weighted by atomic mass is 10.1. The maximum Gasteiger partial charge on any atom is 0.275 e. The van der Waals surface area contributed by atoms with Crippen LogP contribution in [0.1, 0.15) is 10.4 Å². The number of amides is 3. The van der Waals surface area contributed by atoms with Crippen LogP contribution in [0.5, 0.6) is 11.5 Å². The zero-order valence-corrected chi connectivity index (χ0v) is 14.3. The summed E-state index contributed by atoms with van der Waals surface area (Å²) in [5, 5.41) is 11.1. The molecule has 0 bridgehead atoms. The van der Waals surface area contributed by atoms with Gasteiger partial charge in [0.15, 0.2) is 6.04 Å².